The number of aryl methyl sites for hydroxylation is 1. The number of hydrogen-bond acceptors (Lipinski definition) is 7. The summed E-state index contributed by atoms with van der Waals surface area (Å²) >= 11 is 6.11. The van der Waals surface area contributed by atoms with Crippen molar-refractivity contribution in [2.24, 2.45) is 13.0 Å². The van der Waals surface area contributed by atoms with Crippen LogP contribution in [0.4, 0.5) is 5.69 Å². The first-order valence-corrected chi connectivity index (χ1v) is 17.8. The van der Waals surface area contributed by atoms with Crippen LogP contribution in [-0.4, -0.2) is 51.1 Å². The maximum Gasteiger partial charge on any atom is 0.330 e. The van der Waals surface area contributed by atoms with Crippen molar-refractivity contribution in [3.8, 4) is 17.3 Å². The van der Waals surface area contributed by atoms with Crippen LogP contribution in [0.3, 0.4) is 0 Å². The third-order valence-corrected chi connectivity index (χ3v) is 9.82. The van der Waals surface area contributed by atoms with Gasteiger partial charge in [-0.05, 0) is 86.8 Å². The summed E-state index contributed by atoms with van der Waals surface area (Å²) in [5.41, 5.74) is 3.70. The van der Waals surface area contributed by atoms with E-state index in [0.29, 0.717) is 65.4 Å². The molecule has 2 aliphatic rings. The minimum absolute atomic E-state index is 0.240. The van der Waals surface area contributed by atoms with Gasteiger partial charge in [0.25, 0.3) is 5.91 Å². The summed E-state index contributed by atoms with van der Waals surface area (Å²) in [6.45, 7) is 6.55. The summed E-state index contributed by atoms with van der Waals surface area (Å²) < 4.78 is 13.1. The van der Waals surface area contributed by atoms with Gasteiger partial charge in [0, 0.05) is 59.3 Å². The fourth-order valence-electron chi connectivity index (χ4n) is 6.90. The summed E-state index contributed by atoms with van der Waals surface area (Å²) in [4.78, 5) is 48.8. The van der Waals surface area contributed by atoms with E-state index in [0.717, 1.165) is 35.9 Å². The summed E-state index contributed by atoms with van der Waals surface area (Å²) in [6, 6.07) is 11.0. The minimum atomic E-state index is -1.04. The number of anilines is 1. The third kappa shape index (κ3) is 7.40. The molecule has 0 radical (unpaired) electrons. The number of fused-ring (bicyclic) bond motifs is 1. The Balaban J connectivity index is 1.21. The second-order valence-electron chi connectivity index (χ2n) is 13.6. The molecule has 0 aliphatic heterocycles. The van der Waals surface area contributed by atoms with E-state index in [4.69, 9.17) is 21.1 Å². The number of carbonyl (C=O) groups is 3. The number of carbonyl (C=O) groups excluding carboxylic acids is 3. The molecule has 2 heterocycles. The Hall–Kier alpha value is -4.70. The standard InChI is InChI=1S/C39H44ClN5O5/c1-5-49-32-20-29(14-11-25(32)13-16-33(46)50-23-24(2)3)43-38(48)39(17-8-18-39)44-37(47)27-12-15-30-31(19-27)45(4)35(34(30)26-9-6-7-10-26)36-41-21-28(40)22-42-36/h11-16,19-22,24,26H,5-10,17-18,23H2,1-4H3,(H,43,48)(H,44,47)/b16-13+. The number of benzene rings is 2. The van der Waals surface area contributed by atoms with E-state index < -0.39 is 11.5 Å². The van der Waals surface area contributed by atoms with Crippen LogP contribution in [0.5, 0.6) is 5.75 Å². The number of aromatic nitrogens is 3. The van der Waals surface area contributed by atoms with Gasteiger partial charge in [-0.2, -0.15) is 0 Å². The SMILES string of the molecule is CCOc1cc(NC(=O)C2(NC(=O)c3ccc4c(C5CCCC5)c(-c5ncc(Cl)cn5)n(C)c4c3)CCC2)ccc1/C=C/C(=O)OCC(C)C. The smallest absolute Gasteiger partial charge is 0.330 e. The van der Waals surface area contributed by atoms with Gasteiger partial charge >= 0.3 is 5.97 Å². The van der Waals surface area contributed by atoms with Crippen molar-refractivity contribution in [3.63, 3.8) is 0 Å². The van der Waals surface area contributed by atoms with Gasteiger partial charge in [-0.15, -0.1) is 0 Å². The molecule has 10 nitrogen and oxygen atoms in total. The van der Waals surface area contributed by atoms with Gasteiger partial charge < -0.3 is 24.7 Å². The molecule has 262 valence electrons. The molecule has 2 aliphatic carbocycles. The van der Waals surface area contributed by atoms with Crippen molar-refractivity contribution in [1.82, 2.24) is 19.9 Å². The van der Waals surface area contributed by atoms with Gasteiger partial charge in [0.15, 0.2) is 5.82 Å². The molecule has 50 heavy (non-hydrogen) atoms. The highest BCUT2D eigenvalue weighted by molar-refractivity contribution is 6.30. The summed E-state index contributed by atoms with van der Waals surface area (Å²) in [5, 5.41) is 7.62. The number of amides is 2. The number of ether oxygens (including phenoxy) is 2. The highest BCUT2D eigenvalue weighted by atomic mass is 35.5. The lowest BCUT2D eigenvalue weighted by Gasteiger charge is -2.40. The van der Waals surface area contributed by atoms with Crippen LogP contribution in [0, 0.1) is 5.92 Å². The number of hydrogen-bond donors (Lipinski definition) is 2. The van der Waals surface area contributed by atoms with E-state index in [1.54, 1.807) is 36.7 Å². The van der Waals surface area contributed by atoms with E-state index in [1.165, 1.54) is 24.5 Å². The van der Waals surface area contributed by atoms with Gasteiger partial charge in [0.1, 0.15) is 11.3 Å². The summed E-state index contributed by atoms with van der Waals surface area (Å²) in [5.74, 6) is 0.712. The Morgan fingerprint density at radius 2 is 1.80 bits per heavy atom. The van der Waals surface area contributed by atoms with Gasteiger partial charge in [-0.3, -0.25) is 9.59 Å². The van der Waals surface area contributed by atoms with Crippen molar-refractivity contribution in [1.29, 1.82) is 0 Å². The second-order valence-corrected chi connectivity index (χ2v) is 14.1. The Labute approximate surface area is 297 Å². The Morgan fingerprint density at radius 1 is 1.06 bits per heavy atom. The Morgan fingerprint density at radius 3 is 2.46 bits per heavy atom. The normalized spacial score (nSPS) is 15.7. The molecule has 0 saturated heterocycles. The van der Waals surface area contributed by atoms with Crippen LogP contribution >= 0.6 is 11.6 Å². The van der Waals surface area contributed by atoms with Crippen molar-refractivity contribution >= 4 is 52.1 Å². The van der Waals surface area contributed by atoms with Crippen LogP contribution in [0.25, 0.3) is 28.5 Å². The second kappa shape index (κ2) is 15.0. The molecule has 0 spiro atoms. The fraction of sp³-hybridized carbons (Fsp3) is 0.410. The first-order valence-electron chi connectivity index (χ1n) is 17.4. The van der Waals surface area contributed by atoms with Crippen LogP contribution in [0.1, 0.15) is 93.1 Å². The van der Waals surface area contributed by atoms with Crippen LogP contribution in [0.15, 0.2) is 54.9 Å². The quantitative estimate of drug-likeness (QED) is 0.114. The lowest BCUT2D eigenvalue weighted by molar-refractivity contribution is -0.138. The van der Waals surface area contributed by atoms with Gasteiger partial charge in [-0.25, -0.2) is 14.8 Å². The van der Waals surface area contributed by atoms with Crippen molar-refractivity contribution in [3.05, 3.63) is 76.6 Å². The van der Waals surface area contributed by atoms with E-state index in [-0.39, 0.29) is 17.7 Å². The monoisotopic (exact) mass is 697 g/mol. The van der Waals surface area contributed by atoms with E-state index in [2.05, 4.69) is 25.2 Å². The summed E-state index contributed by atoms with van der Waals surface area (Å²) in [6.07, 6.45) is 12.6. The number of rotatable bonds is 12. The molecule has 0 bridgehead atoms. The molecule has 4 aromatic rings. The molecule has 6 rings (SSSR count). The number of esters is 1. The number of nitrogens with zero attached hydrogens (tertiary/aromatic N) is 3. The molecule has 0 unspecified atom stereocenters. The zero-order chi connectivity index (χ0) is 35.4. The highest BCUT2D eigenvalue weighted by Gasteiger charge is 2.45. The zero-order valence-electron chi connectivity index (χ0n) is 29.1. The molecule has 2 aromatic carbocycles. The van der Waals surface area contributed by atoms with Crippen molar-refractivity contribution in [2.45, 2.75) is 77.2 Å². The topological polar surface area (TPSA) is 124 Å². The lowest BCUT2D eigenvalue weighted by Crippen LogP contribution is -2.61. The van der Waals surface area contributed by atoms with Gasteiger partial charge in [0.05, 0.1) is 23.9 Å². The molecular formula is C39H44ClN5O5. The van der Waals surface area contributed by atoms with Gasteiger partial charge in [-0.1, -0.05) is 44.4 Å². The fourth-order valence-corrected chi connectivity index (χ4v) is 7.00. The van der Waals surface area contributed by atoms with E-state index >= 15 is 0 Å². The van der Waals surface area contributed by atoms with Crippen molar-refractivity contribution < 1.29 is 23.9 Å². The molecule has 2 amide bonds. The molecule has 0 atom stereocenters. The third-order valence-electron chi connectivity index (χ3n) is 9.62. The lowest BCUT2D eigenvalue weighted by atomic mass is 9.75. The first kappa shape index (κ1) is 35.1. The highest BCUT2D eigenvalue weighted by Crippen LogP contribution is 2.44. The minimum Gasteiger partial charge on any atom is -0.493 e. The largest absolute Gasteiger partial charge is 0.493 e. The van der Waals surface area contributed by atoms with E-state index in [1.807, 2.05) is 46.0 Å². The van der Waals surface area contributed by atoms with E-state index in [9.17, 15) is 14.4 Å². The average Bonchev–Trinajstić information content (AvgIpc) is 3.71. The maximum atomic E-state index is 13.8. The molecule has 2 saturated carbocycles. The maximum absolute atomic E-state index is 13.8. The molecule has 11 heteroatoms. The first-order chi connectivity index (χ1) is 24.1. The Kier molecular flexibility index (Phi) is 10.6. The molecule has 2 N–H and O–H groups in total. The molecule has 2 fully saturated rings. The van der Waals surface area contributed by atoms with Crippen LogP contribution in [0.2, 0.25) is 5.02 Å². The average molecular weight is 698 g/mol. The van der Waals surface area contributed by atoms with Crippen LogP contribution < -0.4 is 15.4 Å². The molecular weight excluding hydrogens is 654 g/mol. The van der Waals surface area contributed by atoms with Gasteiger partial charge in [0.2, 0.25) is 5.91 Å². The van der Waals surface area contributed by atoms with Crippen LogP contribution in [-0.2, 0) is 21.4 Å². The predicted molar refractivity (Wildman–Crippen MR) is 195 cm³/mol. The number of halogens is 1. The predicted octanol–water partition coefficient (Wildman–Crippen LogP) is 7.85. The van der Waals surface area contributed by atoms with Crippen molar-refractivity contribution in [2.75, 3.05) is 18.5 Å². The Bertz CT molecular complexity index is 1920. The number of nitrogens with one attached hydrogen (secondary N) is 2. The zero-order valence-corrected chi connectivity index (χ0v) is 29.8. The summed E-state index contributed by atoms with van der Waals surface area (Å²) in [7, 11) is 1.98. The molecule has 2 aromatic heterocycles.